The Kier molecular flexibility index (Phi) is 4.67. The number of aromatic nitrogens is 1. The molecule has 1 aromatic carbocycles. The maximum atomic E-state index is 12.4. The standard InChI is InChI=1S/C15H14F3NO2/c1-11-2-7-14(19-10-11)21-9-8-20-13-5-3-12(4-6-13)15(16,17)18/h2-7,10H,8-9H2,1H3. The van der Waals surface area contributed by atoms with Crippen molar-refractivity contribution in [3.8, 4) is 11.6 Å². The van der Waals surface area contributed by atoms with E-state index in [4.69, 9.17) is 9.47 Å². The van der Waals surface area contributed by atoms with E-state index in [9.17, 15) is 13.2 Å². The first-order chi connectivity index (χ1) is 9.95. The smallest absolute Gasteiger partial charge is 0.416 e. The first kappa shape index (κ1) is 15.2. The largest absolute Gasteiger partial charge is 0.490 e. The number of halogens is 3. The summed E-state index contributed by atoms with van der Waals surface area (Å²) in [5.41, 5.74) is 0.332. The fraction of sp³-hybridized carbons (Fsp3) is 0.267. The fourth-order valence-electron chi connectivity index (χ4n) is 1.59. The minimum Gasteiger partial charge on any atom is -0.490 e. The van der Waals surface area contributed by atoms with E-state index in [1.807, 2.05) is 13.0 Å². The van der Waals surface area contributed by atoms with Crippen molar-refractivity contribution in [2.45, 2.75) is 13.1 Å². The van der Waals surface area contributed by atoms with E-state index in [2.05, 4.69) is 4.98 Å². The van der Waals surface area contributed by atoms with Crippen LogP contribution in [0.15, 0.2) is 42.6 Å². The van der Waals surface area contributed by atoms with E-state index in [1.54, 1.807) is 12.3 Å². The van der Waals surface area contributed by atoms with Gasteiger partial charge >= 0.3 is 6.18 Å². The van der Waals surface area contributed by atoms with Gasteiger partial charge in [0.15, 0.2) is 0 Å². The highest BCUT2D eigenvalue weighted by atomic mass is 19.4. The molecule has 0 saturated heterocycles. The third-order valence-corrected chi connectivity index (χ3v) is 2.67. The number of alkyl halides is 3. The van der Waals surface area contributed by atoms with Crippen LogP contribution in [0, 0.1) is 6.92 Å². The van der Waals surface area contributed by atoms with Gasteiger partial charge < -0.3 is 9.47 Å². The second-order valence-corrected chi connectivity index (χ2v) is 4.39. The molecule has 0 N–H and O–H groups in total. The number of rotatable bonds is 5. The molecule has 0 amide bonds. The van der Waals surface area contributed by atoms with Gasteiger partial charge in [-0.25, -0.2) is 4.98 Å². The van der Waals surface area contributed by atoms with Gasteiger partial charge in [-0.3, -0.25) is 0 Å². The van der Waals surface area contributed by atoms with Crippen molar-refractivity contribution in [2.24, 2.45) is 0 Å². The number of hydrogen-bond acceptors (Lipinski definition) is 3. The monoisotopic (exact) mass is 297 g/mol. The zero-order valence-corrected chi connectivity index (χ0v) is 11.4. The summed E-state index contributed by atoms with van der Waals surface area (Å²) < 4.78 is 47.8. The maximum Gasteiger partial charge on any atom is 0.416 e. The molecule has 0 aliphatic carbocycles. The molecule has 0 fully saturated rings. The summed E-state index contributed by atoms with van der Waals surface area (Å²) in [5.74, 6) is 0.847. The van der Waals surface area contributed by atoms with Crippen LogP contribution >= 0.6 is 0 Å². The number of nitrogens with zero attached hydrogens (tertiary/aromatic N) is 1. The summed E-state index contributed by atoms with van der Waals surface area (Å²) in [6.45, 7) is 2.41. The van der Waals surface area contributed by atoms with E-state index in [0.717, 1.165) is 17.7 Å². The van der Waals surface area contributed by atoms with Crippen LogP contribution in [0.3, 0.4) is 0 Å². The van der Waals surface area contributed by atoms with Crippen LogP contribution in [-0.4, -0.2) is 18.2 Å². The molecule has 3 nitrogen and oxygen atoms in total. The third kappa shape index (κ3) is 4.66. The zero-order chi connectivity index (χ0) is 15.3. The molecule has 6 heteroatoms. The van der Waals surface area contributed by atoms with Gasteiger partial charge in [-0.05, 0) is 36.8 Å². The Bertz CT molecular complexity index is 565. The Balaban J connectivity index is 1.77. The molecular weight excluding hydrogens is 283 g/mol. The van der Waals surface area contributed by atoms with Crippen LogP contribution in [-0.2, 0) is 6.18 Å². The molecule has 2 aromatic rings. The Labute approximate surface area is 120 Å². The van der Waals surface area contributed by atoms with Gasteiger partial charge in [0.25, 0.3) is 0 Å². The van der Waals surface area contributed by atoms with Gasteiger partial charge in [-0.1, -0.05) is 6.07 Å². The summed E-state index contributed by atoms with van der Waals surface area (Å²) >= 11 is 0. The van der Waals surface area contributed by atoms with Gasteiger partial charge in [0.05, 0.1) is 5.56 Å². The van der Waals surface area contributed by atoms with Crippen molar-refractivity contribution in [3.05, 3.63) is 53.7 Å². The van der Waals surface area contributed by atoms with Crippen LogP contribution in [0.5, 0.6) is 11.6 Å². The molecule has 0 unspecified atom stereocenters. The summed E-state index contributed by atoms with van der Waals surface area (Å²) in [4.78, 5) is 4.06. The molecule has 0 atom stereocenters. The molecule has 21 heavy (non-hydrogen) atoms. The molecular formula is C15H14F3NO2. The molecule has 1 heterocycles. The lowest BCUT2D eigenvalue weighted by molar-refractivity contribution is -0.137. The Morgan fingerprint density at radius 3 is 2.19 bits per heavy atom. The zero-order valence-electron chi connectivity index (χ0n) is 11.4. The van der Waals surface area contributed by atoms with E-state index in [1.165, 1.54) is 12.1 Å². The molecule has 112 valence electrons. The van der Waals surface area contributed by atoms with Gasteiger partial charge in [0, 0.05) is 12.3 Å². The maximum absolute atomic E-state index is 12.4. The molecule has 0 spiro atoms. The van der Waals surface area contributed by atoms with E-state index in [0.29, 0.717) is 11.6 Å². The second kappa shape index (κ2) is 6.47. The van der Waals surface area contributed by atoms with E-state index < -0.39 is 11.7 Å². The average molecular weight is 297 g/mol. The summed E-state index contributed by atoms with van der Waals surface area (Å²) in [6, 6.07) is 8.15. The van der Waals surface area contributed by atoms with Gasteiger partial charge in [-0.2, -0.15) is 13.2 Å². The minimum absolute atomic E-state index is 0.223. The molecule has 0 saturated carbocycles. The molecule has 0 radical (unpaired) electrons. The lowest BCUT2D eigenvalue weighted by Crippen LogP contribution is -2.10. The first-order valence-corrected chi connectivity index (χ1v) is 6.31. The van der Waals surface area contributed by atoms with Crippen molar-refractivity contribution in [2.75, 3.05) is 13.2 Å². The lowest BCUT2D eigenvalue weighted by Gasteiger charge is -2.09. The molecule has 1 aromatic heterocycles. The summed E-state index contributed by atoms with van der Waals surface area (Å²) in [5, 5.41) is 0. The Hall–Kier alpha value is -2.24. The topological polar surface area (TPSA) is 31.4 Å². The van der Waals surface area contributed by atoms with Gasteiger partial charge in [0.2, 0.25) is 5.88 Å². The minimum atomic E-state index is -4.33. The number of pyridine rings is 1. The Morgan fingerprint density at radius 2 is 1.62 bits per heavy atom. The van der Waals surface area contributed by atoms with Crippen molar-refractivity contribution >= 4 is 0 Å². The van der Waals surface area contributed by atoms with Crippen LogP contribution < -0.4 is 9.47 Å². The number of ether oxygens (including phenoxy) is 2. The van der Waals surface area contributed by atoms with Crippen LogP contribution in [0.25, 0.3) is 0 Å². The Morgan fingerprint density at radius 1 is 0.952 bits per heavy atom. The van der Waals surface area contributed by atoms with Crippen LogP contribution in [0.2, 0.25) is 0 Å². The van der Waals surface area contributed by atoms with E-state index in [-0.39, 0.29) is 13.2 Å². The molecule has 0 aliphatic heterocycles. The number of benzene rings is 1. The second-order valence-electron chi connectivity index (χ2n) is 4.39. The van der Waals surface area contributed by atoms with Gasteiger partial charge in [0.1, 0.15) is 19.0 Å². The SMILES string of the molecule is Cc1ccc(OCCOc2ccc(C(F)(F)F)cc2)nc1. The third-order valence-electron chi connectivity index (χ3n) is 2.67. The van der Waals surface area contributed by atoms with Crippen molar-refractivity contribution < 1.29 is 22.6 Å². The molecule has 0 aliphatic rings. The number of aryl methyl sites for hydroxylation is 1. The normalized spacial score (nSPS) is 11.2. The average Bonchev–Trinajstić information content (AvgIpc) is 2.45. The fourth-order valence-corrected chi connectivity index (χ4v) is 1.59. The van der Waals surface area contributed by atoms with Crippen LogP contribution in [0.1, 0.15) is 11.1 Å². The quantitative estimate of drug-likeness (QED) is 0.785. The molecule has 0 bridgehead atoms. The van der Waals surface area contributed by atoms with Crippen molar-refractivity contribution in [3.63, 3.8) is 0 Å². The highest BCUT2D eigenvalue weighted by molar-refractivity contribution is 5.28. The van der Waals surface area contributed by atoms with Crippen molar-refractivity contribution in [1.82, 2.24) is 4.98 Å². The summed E-state index contributed by atoms with van der Waals surface area (Å²) in [6.07, 6.45) is -2.65. The number of hydrogen-bond donors (Lipinski definition) is 0. The predicted molar refractivity (Wildman–Crippen MR) is 71.4 cm³/mol. The van der Waals surface area contributed by atoms with Crippen LogP contribution in [0.4, 0.5) is 13.2 Å². The van der Waals surface area contributed by atoms with Crippen molar-refractivity contribution in [1.29, 1.82) is 0 Å². The summed E-state index contributed by atoms with van der Waals surface area (Å²) in [7, 11) is 0. The highest BCUT2D eigenvalue weighted by Crippen LogP contribution is 2.30. The molecule has 2 rings (SSSR count). The first-order valence-electron chi connectivity index (χ1n) is 6.31. The van der Waals surface area contributed by atoms with E-state index >= 15 is 0 Å². The van der Waals surface area contributed by atoms with Gasteiger partial charge in [-0.15, -0.1) is 0 Å². The predicted octanol–water partition coefficient (Wildman–Crippen LogP) is 3.87. The highest BCUT2D eigenvalue weighted by Gasteiger charge is 2.29. The lowest BCUT2D eigenvalue weighted by atomic mass is 10.2.